The highest BCUT2D eigenvalue weighted by Gasteiger charge is 2.22. The first kappa shape index (κ1) is 14.7. The van der Waals surface area contributed by atoms with Crippen LogP contribution in [-0.4, -0.2) is 29.8 Å². The number of halogens is 1. The fraction of sp³-hybridized carbons (Fsp3) is 0.700. The van der Waals surface area contributed by atoms with Crippen LogP contribution < -0.4 is 4.72 Å². The Hall–Kier alpha value is -0.400. The van der Waals surface area contributed by atoms with Gasteiger partial charge >= 0.3 is 0 Å². The highest BCUT2D eigenvalue weighted by Crippen LogP contribution is 2.17. The van der Waals surface area contributed by atoms with E-state index in [-0.39, 0.29) is 10.4 Å². The first-order valence-electron chi connectivity index (χ1n) is 5.38. The monoisotopic (exact) mass is 323 g/mol. The van der Waals surface area contributed by atoms with E-state index in [9.17, 15) is 8.42 Å². The quantitative estimate of drug-likeness (QED) is 0.809. The molecule has 1 aromatic rings. The Kier molecular flexibility index (Phi) is 4.74. The zero-order chi connectivity index (χ0) is 13.1. The predicted octanol–water partition coefficient (Wildman–Crippen LogP) is 1.60. The largest absolute Gasteiger partial charge is 0.336 e. The second kappa shape index (κ2) is 5.49. The number of sulfonamides is 1. The summed E-state index contributed by atoms with van der Waals surface area (Å²) in [5, 5.41) is 0.802. The number of rotatable bonds is 6. The summed E-state index contributed by atoms with van der Waals surface area (Å²) in [6, 6.07) is 0. The molecule has 7 heteroatoms. The minimum atomic E-state index is -3.50. The molecule has 0 aliphatic heterocycles. The Morgan fingerprint density at radius 3 is 2.65 bits per heavy atom. The predicted molar refractivity (Wildman–Crippen MR) is 70.7 cm³/mol. The molecule has 0 radical (unpaired) electrons. The van der Waals surface area contributed by atoms with E-state index in [0.717, 1.165) is 5.33 Å². The molecule has 0 amide bonds. The molecule has 0 aromatic carbocycles. The minimum Gasteiger partial charge on any atom is -0.336 e. The Morgan fingerprint density at radius 2 is 2.18 bits per heavy atom. The second-order valence-corrected chi connectivity index (χ2v) is 6.94. The maximum Gasteiger partial charge on any atom is 0.259 e. The lowest BCUT2D eigenvalue weighted by molar-refractivity contribution is 0.419. The molecular formula is C10H18BrN3O2S. The highest BCUT2D eigenvalue weighted by molar-refractivity contribution is 9.09. The molecule has 0 fully saturated rings. The van der Waals surface area contributed by atoms with Gasteiger partial charge in [-0.05, 0) is 12.3 Å². The standard InChI is InChI=1S/C10H18BrN3O2S/c1-4-14-5-9(12-8-14)17(15,16)13-7-10(2,3)6-11/h5,8,13H,4,6-7H2,1-3H3. The molecule has 0 bridgehead atoms. The third-order valence-corrected chi connectivity index (χ3v) is 5.16. The average Bonchev–Trinajstić information content (AvgIpc) is 2.76. The van der Waals surface area contributed by atoms with Gasteiger partial charge in [-0.15, -0.1) is 0 Å². The van der Waals surface area contributed by atoms with Gasteiger partial charge < -0.3 is 4.57 Å². The van der Waals surface area contributed by atoms with Crippen molar-refractivity contribution >= 4 is 26.0 Å². The van der Waals surface area contributed by atoms with E-state index in [1.165, 1.54) is 12.5 Å². The lowest BCUT2D eigenvalue weighted by atomic mass is 9.98. The minimum absolute atomic E-state index is 0.0738. The molecule has 1 aromatic heterocycles. The van der Waals surface area contributed by atoms with Crippen LogP contribution in [0.5, 0.6) is 0 Å². The molecule has 0 aliphatic carbocycles. The molecule has 1 rings (SSSR count). The van der Waals surface area contributed by atoms with Crippen molar-refractivity contribution < 1.29 is 8.42 Å². The van der Waals surface area contributed by atoms with Gasteiger partial charge in [0.1, 0.15) is 0 Å². The van der Waals surface area contributed by atoms with Gasteiger partial charge in [-0.1, -0.05) is 29.8 Å². The molecule has 17 heavy (non-hydrogen) atoms. The Bertz CT molecular complexity index is 468. The summed E-state index contributed by atoms with van der Waals surface area (Å²) in [5.74, 6) is 0. The third-order valence-electron chi connectivity index (χ3n) is 2.35. The SMILES string of the molecule is CCn1cnc(S(=O)(=O)NCC(C)(C)CBr)c1. The average molecular weight is 324 g/mol. The number of hydrogen-bond donors (Lipinski definition) is 1. The first-order valence-corrected chi connectivity index (χ1v) is 7.98. The van der Waals surface area contributed by atoms with Gasteiger partial charge in [0.05, 0.1) is 6.33 Å². The zero-order valence-corrected chi connectivity index (χ0v) is 12.7. The fourth-order valence-corrected chi connectivity index (χ4v) is 2.45. The number of hydrogen-bond acceptors (Lipinski definition) is 3. The number of aromatic nitrogens is 2. The Labute approximate surface area is 111 Å². The van der Waals surface area contributed by atoms with Crippen LogP contribution in [0.1, 0.15) is 20.8 Å². The number of nitrogens with one attached hydrogen (secondary N) is 1. The van der Waals surface area contributed by atoms with Crippen molar-refractivity contribution in [1.29, 1.82) is 0 Å². The molecule has 0 unspecified atom stereocenters. The van der Waals surface area contributed by atoms with Crippen LogP contribution >= 0.6 is 15.9 Å². The first-order chi connectivity index (χ1) is 7.80. The number of nitrogens with zero attached hydrogens (tertiary/aromatic N) is 2. The molecule has 0 saturated heterocycles. The Balaban J connectivity index is 2.76. The smallest absolute Gasteiger partial charge is 0.259 e. The van der Waals surface area contributed by atoms with E-state index in [4.69, 9.17) is 0 Å². The van der Waals surface area contributed by atoms with E-state index < -0.39 is 10.0 Å². The fourth-order valence-electron chi connectivity index (χ4n) is 1.06. The molecule has 1 N–H and O–H groups in total. The maximum absolute atomic E-state index is 11.9. The molecule has 1 heterocycles. The highest BCUT2D eigenvalue weighted by atomic mass is 79.9. The van der Waals surface area contributed by atoms with E-state index in [1.54, 1.807) is 4.57 Å². The van der Waals surface area contributed by atoms with Crippen LogP contribution in [0.15, 0.2) is 17.6 Å². The van der Waals surface area contributed by atoms with E-state index in [0.29, 0.717) is 13.1 Å². The van der Waals surface area contributed by atoms with Crippen molar-refractivity contribution in [3.63, 3.8) is 0 Å². The van der Waals surface area contributed by atoms with Crippen molar-refractivity contribution in [3.8, 4) is 0 Å². The summed E-state index contributed by atoms with van der Waals surface area (Å²) >= 11 is 3.36. The van der Waals surface area contributed by atoms with Gasteiger partial charge in [-0.25, -0.2) is 18.1 Å². The topological polar surface area (TPSA) is 64.0 Å². The second-order valence-electron chi connectivity index (χ2n) is 4.66. The van der Waals surface area contributed by atoms with Crippen molar-refractivity contribution in [3.05, 3.63) is 12.5 Å². The lowest BCUT2D eigenvalue weighted by Gasteiger charge is -2.21. The zero-order valence-electron chi connectivity index (χ0n) is 10.3. The third kappa shape index (κ3) is 4.08. The van der Waals surface area contributed by atoms with Crippen LogP contribution in [0.3, 0.4) is 0 Å². The van der Waals surface area contributed by atoms with Crippen LogP contribution in [-0.2, 0) is 16.6 Å². The normalized spacial score (nSPS) is 12.9. The van der Waals surface area contributed by atoms with Crippen molar-refractivity contribution in [2.75, 3.05) is 11.9 Å². The van der Waals surface area contributed by atoms with E-state index >= 15 is 0 Å². The summed E-state index contributed by atoms with van der Waals surface area (Å²) in [7, 11) is -3.50. The van der Waals surface area contributed by atoms with Crippen LogP contribution in [0.4, 0.5) is 0 Å². The van der Waals surface area contributed by atoms with Gasteiger partial charge in [-0.2, -0.15) is 0 Å². The molecule has 0 spiro atoms. The van der Waals surface area contributed by atoms with E-state index in [2.05, 4.69) is 25.6 Å². The van der Waals surface area contributed by atoms with Crippen LogP contribution in [0, 0.1) is 5.41 Å². The summed E-state index contributed by atoms with van der Waals surface area (Å²) in [5.41, 5.74) is -0.125. The van der Waals surface area contributed by atoms with Crippen molar-refractivity contribution in [1.82, 2.24) is 14.3 Å². The van der Waals surface area contributed by atoms with Gasteiger partial charge in [-0.3, -0.25) is 0 Å². The summed E-state index contributed by atoms with van der Waals surface area (Å²) < 4.78 is 28.1. The van der Waals surface area contributed by atoms with Gasteiger partial charge in [0, 0.05) is 24.6 Å². The Morgan fingerprint density at radius 1 is 1.53 bits per heavy atom. The van der Waals surface area contributed by atoms with E-state index in [1.807, 2.05) is 20.8 Å². The molecule has 5 nitrogen and oxygen atoms in total. The van der Waals surface area contributed by atoms with Crippen LogP contribution in [0.2, 0.25) is 0 Å². The summed E-state index contributed by atoms with van der Waals surface area (Å²) in [6.07, 6.45) is 3.05. The number of alkyl halides is 1. The number of imidazole rings is 1. The maximum atomic E-state index is 11.9. The summed E-state index contributed by atoms with van der Waals surface area (Å²) in [6.45, 7) is 6.97. The van der Waals surface area contributed by atoms with Crippen molar-refractivity contribution in [2.24, 2.45) is 5.41 Å². The molecule has 0 aliphatic rings. The van der Waals surface area contributed by atoms with Crippen LogP contribution in [0.25, 0.3) is 0 Å². The molecular weight excluding hydrogens is 306 g/mol. The number of aryl methyl sites for hydroxylation is 1. The molecule has 98 valence electrons. The molecule has 0 atom stereocenters. The van der Waals surface area contributed by atoms with Gasteiger partial charge in [0.25, 0.3) is 10.0 Å². The van der Waals surface area contributed by atoms with Gasteiger partial charge in [0.15, 0.2) is 5.03 Å². The molecule has 0 saturated carbocycles. The van der Waals surface area contributed by atoms with Crippen molar-refractivity contribution in [2.45, 2.75) is 32.3 Å². The lowest BCUT2D eigenvalue weighted by Crippen LogP contribution is -2.35. The van der Waals surface area contributed by atoms with Gasteiger partial charge in [0.2, 0.25) is 0 Å². The summed E-state index contributed by atoms with van der Waals surface area (Å²) in [4.78, 5) is 3.89.